The zero-order chi connectivity index (χ0) is 14.7. The minimum Gasteiger partial charge on any atom is -0.465 e. The number of anilines is 1. The quantitative estimate of drug-likeness (QED) is 0.678. The maximum absolute atomic E-state index is 12.0. The van der Waals surface area contributed by atoms with E-state index in [4.69, 9.17) is 0 Å². The Bertz CT molecular complexity index is 595. The van der Waals surface area contributed by atoms with Gasteiger partial charge in [-0.2, -0.15) is 17.9 Å². The van der Waals surface area contributed by atoms with Crippen molar-refractivity contribution in [2.75, 3.05) is 24.3 Å². The van der Waals surface area contributed by atoms with Crippen LogP contribution in [0.4, 0.5) is 5.69 Å². The normalized spacial score (nSPS) is 17.9. The van der Waals surface area contributed by atoms with Gasteiger partial charge in [-0.3, -0.25) is 4.79 Å². The number of methoxy groups -OCH3 is 1. The first-order valence-electron chi connectivity index (χ1n) is 6.14. The van der Waals surface area contributed by atoms with E-state index in [1.807, 2.05) is 6.07 Å². The van der Waals surface area contributed by atoms with E-state index in [1.165, 1.54) is 13.2 Å². The number of thiol groups is 1. The molecule has 1 heterocycles. The molecule has 1 aromatic rings. The predicted octanol–water partition coefficient (Wildman–Crippen LogP) is 1.63. The van der Waals surface area contributed by atoms with Crippen LogP contribution in [0.15, 0.2) is 18.2 Å². The summed E-state index contributed by atoms with van der Waals surface area (Å²) in [7, 11) is 1.28. The minimum absolute atomic E-state index is 0.0219. The number of carbonyl (C=O) groups is 2. The van der Waals surface area contributed by atoms with Crippen molar-refractivity contribution in [3.8, 4) is 6.07 Å². The lowest BCUT2D eigenvalue weighted by Crippen LogP contribution is -2.25. The second-order valence-corrected chi connectivity index (χ2v) is 4.96. The minimum atomic E-state index is -0.506. The van der Waals surface area contributed by atoms with E-state index in [1.54, 1.807) is 17.0 Å². The maximum atomic E-state index is 12.0. The Labute approximate surface area is 122 Å². The molecule has 0 aromatic heterocycles. The molecule has 0 saturated carbocycles. The van der Waals surface area contributed by atoms with E-state index in [0.717, 1.165) is 0 Å². The zero-order valence-corrected chi connectivity index (χ0v) is 11.9. The molecule has 1 aliphatic rings. The number of hydrogen-bond donors (Lipinski definition) is 1. The monoisotopic (exact) mass is 290 g/mol. The van der Waals surface area contributed by atoms with E-state index >= 15 is 0 Å². The smallest absolute Gasteiger partial charge is 0.337 e. The van der Waals surface area contributed by atoms with Gasteiger partial charge < -0.3 is 9.64 Å². The molecule has 0 N–H and O–H groups in total. The van der Waals surface area contributed by atoms with Gasteiger partial charge in [-0.15, -0.1) is 0 Å². The molecular formula is C14H14N2O3S. The summed E-state index contributed by atoms with van der Waals surface area (Å²) in [5.41, 5.74) is 1.13. The number of esters is 1. The molecular weight excluding hydrogens is 276 g/mol. The van der Waals surface area contributed by atoms with Crippen LogP contribution in [0.25, 0.3) is 0 Å². The van der Waals surface area contributed by atoms with Crippen LogP contribution in [0.3, 0.4) is 0 Å². The number of benzene rings is 1. The van der Waals surface area contributed by atoms with E-state index in [0.29, 0.717) is 35.5 Å². The lowest BCUT2D eigenvalue weighted by molar-refractivity contribution is -0.117. The number of hydrogen-bond acceptors (Lipinski definition) is 5. The van der Waals surface area contributed by atoms with E-state index in [2.05, 4.69) is 17.4 Å². The van der Waals surface area contributed by atoms with Crippen LogP contribution in [-0.2, 0) is 9.53 Å². The molecule has 0 spiro atoms. The van der Waals surface area contributed by atoms with Gasteiger partial charge >= 0.3 is 5.97 Å². The lowest BCUT2D eigenvalue weighted by Gasteiger charge is -2.18. The molecule has 104 valence electrons. The van der Waals surface area contributed by atoms with Crippen LogP contribution in [0.2, 0.25) is 0 Å². The van der Waals surface area contributed by atoms with Crippen molar-refractivity contribution in [1.29, 1.82) is 5.26 Å². The van der Waals surface area contributed by atoms with Gasteiger partial charge in [-0.1, -0.05) is 0 Å². The topological polar surface area (TPSA) is 70.4 Å². The van der Waals surface area contributed by atoms with E-state index in [9.17, 15) is 14.9 Å². The van der Waals surface area contributed by atoms with Crippen molar-refractivity contribution in [1.82, 2.24) is 0 Å². The summed E-state index contributed by atoms with van der Waals surface area (Å²) >= 11 is 4.21. The third kappa shape index (κ3) is 2.63. The van der Waals surface area contributed by atoms with Crippen molar-refractivity contribution in [3.05, 3.63) is 29.3 Å². The van der Waals surface area contributed by atoms with Crippen molar-refractivity contribution in [3.63, 3.8) is 0 Å². The van der Waals surface area contributed by atoms with Crippen LogP contribution in [0, 0.1) is 17.2 Å². The standard InChI is InChI=1S/C14H14N2O3S/c1-19-14(18)10-2-3-12(11(5-10)6-15)16-7-9(8-20)4-13(16)17/h2-3,5,9,20H,4,7-8H2,1H3. The van der Waals surface area contributed by atoms with Crippen LogP contribution >= 0.6 is 12.6 Å². The first-order valence-corrected chi connectivity index (χ1v) is 6.77. The fraction of sp³-hybridized carbons (Fsp3) is 0.357. The van der Waals surface area contributed by atoms with Gasteiger partial charge in [0.25, 0.3) is 0 Å². The third-order valence-corrected chi connectivity index (χ3v) is 3.81. The molecule has 1 unspecified atom stereocenters. The fourth-order valence-corrected chi connectivity index (χ4v) is 2.49. The van der Waals surface area contributed by atoms with E-state index < -0.39 is 5.97 Å². The van der Waals surface area contributed by atoms with Crippen molar-refractivity contribution in [2.24, 2.45) is 5.92 Å². The first-order chi connectivity index (χ1) is 9.60. The van der Waals surface area contributed by atoms with E-state index in [-0.39, 0.29) is 11.8 Å². The molecule has 0 bridgehead atoms. The highest BCUT2D eigenvalue weighted by Crippen LogP contribution is 2.29. The predicted molar refractivity (Wildman–Crippen MR) is 76.8 cm³/mol. The Morgan fingerprint density at radius 1 is 1.60 bits per heavy atom. The average molecular weight is 290 g/mol. The summed E-state index contributed by atoms with van der Waals surface area (Å²) in [5.74, 6) is 0.294. The second-order valence-electron chi connectivity index (χ2n) is 4.59. The summed E-state index contributed by atoms with van der Waals surface area (Å²) in [6, 6.07) is 6.64. The number of amides is 1. The highest BCUT2D eigenvalue weighted by atomic mass is 32.1. The summed E-state index contributed by atoms with van der Waals surface area (Å²) in [4.78, 5) is 25.0. The number of nitriles is 1. The molecule has 6 heteroatoms. The Hall–Kier alpha value is -2.00. The molecule has 1 aromatic carbocycles. The largest absolute Gasteiger partial charge is 0.465 e. The second kappa shape index (κ2) is 5.97. The van der Waals surface area contributed by atoms with Gasteiger partial charge in [0.15, 0.2) is 0 Å². The van der Waals surface area contributed by atoms with Gasteiger partial charge in [0.1, 0.15) is 6.07 Å². The summed E-state index contributed by atoms with van der Waals surface area (Å²) < 4.78 is 4.62. The van der Waals surface area contributed by atoms with Gasteiger partial charge in [-0.05, 0) is 29.9 Å². The number of ether oxygens (including phenoxy) is 1. The van der Waals surface area contributed by atoms with Crippen LogP contribution < -0.4 is 4.90 Å². The van der Waals surface area contributed by atoms with Crippen LogP contribution in [-0.4, -0.2) is 31.3 Å². The highest BCUT2D eigenvalue weighted by molar-refractivity contribution is 7.80. The first kappa shape index (κ1) is 14.4. The number of nitrogens with zero attached hydrogens (tertiary/aromatic N) is 2. The Morgan fingerprint density at radius 2 is 2.35 bits per heavy atom. The highest BCUT2D eigenvalue weighted by Gasteiger charge is 2.31. The Kier molecular flexibility index (Phi) is 4.30. The summed E-state index contributed by atoms with van der Waals surface area (Å²) in [6.07, 6.45) is 0.438. The lowest BCUT2D eigenvalue weighted by atomic mass is 10.1. The fourth-order valence-electron chi connectivity index (χ4n) is 2.24. The SMILES string of the molecule is COC(=O)c1ccc(N2CC(CS)CC2=O)c(C#N)c1. The van der Waals surface area contributed by atoms with Gasteiger partial charge in [-0.25, -0.2) is 4.79 Å². The van der Waals surface area contributed by atoms with Crippen molar-refractivity contribution >= 4 is 30.2 Å². The average Bonchev–Trinajstić information content (AvgIpc) is 2.86. The zero-order valence-electron chi connectivity index (χ0n) is 11.0. The Morgan fingerprint density at radius 3 is 2.90 bits per heavy atom. The Balaban J connectivity index is 2.36. The third-order valence-electron chi connectivity index (χ3n) is 3.29. The van der Waals surface area contributed by atoms with Crippen LogP contribution in [0.5, 0.6) is 0 Å². The van der Waals surface area contributed by atoms with Gasteiger partial charge in [0, 0.05) is 13.0 Å². The summed E-state index contributed by atoms with van der Waals surface area (Å²) in [6.45, 7) is 0.550. The molecule has 5 nitrogen and oxygen atoms in total. The molecule has 0 aliphatic carbocycles. The van der Waals surface area contributed by atoms with Crippen LogP contribution in [0.1, 0.15) is 22.3 Å². The summed E-state index contributed by atoms with van der Waals surface area (Å²) in [5, 5.41) is 9.21. The number of rotatable bonds is 3. The molecule has 1 aliphatic heterocycles. The number of carbonyl (C=O) groups excluding carboxylic acids is 2. The molecule has 20 heavy (non-hydrogen) atoms. The van der Waals surface area contributed by atoms with Crippen molar-refractivity contribution in [2.45, 2.75) is 6.42 Å². The molecule has 1 saturated heterocycles. The molecule has 0 radical (unpaired) electrons. The van der Waals surface area contributed by atoms with Gasteiger partial charge in [0.2, 0.25) is 5.91 Å². The molecule has 1 atom stereocenters. The van der Waals surface area contributed by atoms with Gasteiger partial charge in [0.05, 0.1) is 23.9 Å². The van der Waals surface area contributed by atoms with Crippen molar-refractivity contribution < 1.29 is 14.3 Å². The molecule has 2 rings (SSSR count). The maximum Gasteiger partial charge on any atom is 0.337 e. The molecule has 1 amide bonds. The molecule has 1 fully saturated rings.